The van der Waals surface area contributed by atoms with E-state index in [4.69, 9.17) is 10.5 Å². The van der Waals surface area contributed by atoms with Gasteiger partial charge in [0.2, 0.25) is 0 Å². The minimum atomic E-state index is -0.785. The van der Waals surface area contributed by atoms with Crippen molar-refractivity contribution in [2.45, 2.75) is 13.5 Å². The molecule has 21 heavy (non-hydrogen) atoms. The Balaban J connectivity index is 2.19. The summed E-state index contributed by atoms with van der Waals surface area (Å²) in [6.45, 7) is 1.18. The van der Waals surface area contributed by atoms with Crippen LogP contribution < -0.4 is 5.73 Å². The van der Waals surface area contributed by atoms with Gasteiger partial charge in [-0.05, 0) is 52.7 Å². The lowest BCUT2D eigenvalue weighted by Crippen LogP contribution is -2.10. The van der Waals surface area contributed by atoms with Crippen LogP contribution in [0.5, 0.6) is 0 Å². The SMILES string of the molecule is Cc1c(N)cccc1C(=O)OCc1c(F)ccc(Br)c1F. The Morgan fingerprint density at radius 1 is 1.29 bits per heavy atom. The molecular formula is C15H12BrF2NO2. The van der Waals surface area contributed by atoms with Gasteiger partial charge in [0, 0.05) is 5.69 Å². The molecule has 2 aromatic carbocycles. The fraction of sp³-hybridized carbons (Fsp3) is 0.133. The van der Waals surface area contributed by atoms with Gasteiger partial charge in [-0.2, -0.15) is 0 Å². The van der Waals surface area contributed by atoms with Crippen LogP contribution in [0.4, 0.5) is 14.5 Å². The minimum Gasteiger partial charge on any atom is -0.457 e. The topological polar surface area (TPSA) is 52.3 Å². The summed E-state index contributed by atoms with van der Waals surface area (Å²) in [7, 11) is 0. The normalized spacial score (nSPS) is 10.5. The number of hydrogen-bond donors (Lipinski definition) is 1. The molecule has 0 radical (unpaired) electrons. The highest BCUT2D eigenvalue weighted by atomic mass is 79.9. The van der Waals surface area contributed by atoms with Crippen LogP contribution in [0.25, 0.3) is 0 Å². The van der Waals surface area contributed by atoms with Gasteiger partial charge in [-0.1, -0.05) is 6.07 Å². The molecule has 0 atom stereocenters. The summed E-state index contributed by atoms with van der Waals surface area (Å²) in [6, 6.07) is 7.15. The third-order valence-electron chi connectivity index (χ3n) is 3.08. The van der Waals surface area contributed by atoms with Gasteiger partial charge in [-0.15, -0.1) is 0 Å². The predicted molar refractivity (Wildman–Crippen MR) is 78.8 cm³/mol. The van der Waals surface area contributed by atoms with E-state index in [2.05, 4.69) is 15.9 Å². The molecule has 2 rings (SSSR count). The Morgan fingerprint density at radius 3 is 2.71 bits per heavy atom. The summed E-state index contributed by atoms with van der Waals surface area (Å²) in [5.74, 6) is -2.24. The first-order valence-corrected chi connectivity index (χ1v) is 6.85. The lowest BCUT2D eigenvalue weighted by atomic mass is 10.1. The Kier molecular flexibility index (Phi) is 4.57. The summed E-state index contributed by atoms with van der Waals surface area (Å²) < 4.78 is 32.4. The van der Waals surface area contributed by atoms with E-state index in [-0.39, 0.29) is 15.6 Å². The van der Waals surface area contributed by atoms with E-state index in [9.17, 15) is 13.6 Å². The Bertz CT molecular complexity index is 704. The molecule has 0 aliphatic heterocycles. The van der Waals surface area contributed by atoms with Crippen LogP contribution in [0.3, 0.4) is 0 Å². The van der Waals surface area contributed by atoms with Crippen molar-refractivity contribution >= 4 is 27.6 Å². The number of esters is 1. The molecule has 0 aliphatic rings. The Morgan fingerprint density at radius 2 is 2.00 bits per heavy atom. The van der Waals surface area contributed by atoms with Gasteiger partial charge < -0.3 is 10.5 Å². The van der Waals surface area contributed by atoms with Crippen molar-refractivity contribution in [1.82, 2.24) is 0 Å². The standard InChI is InChI=1S/C15H12BrF2NO2/c1-8-9(3-2-4-13(8)19)15(20)21-7-10-12(17)6-5-11(16)14(10)18/h2-6H,7,19H2,1H3. The molecule has 0 unspecified atom stereocenters. The molecule has 0 saturated heterocycles. The van der Waals surface area contributed by atoms with Crippen molar-refractivity contribution in [2.24, 2.45) is 0 Å². The molecule has 2 N–H and O–H groups in total. The smallest absolute Gasteiger partial charge is 0.338 e. The van der Waals surface area contributed by atoms with Crippen LogP contribution in [0.15, 0.2) is 34.8 Å². The number of anilines is 1. The fourth-order valence-corrected chi connectivity index (χ4v) is 2.16. The first-order chi connectivity index (χ1) is 9.91. The van der Waals surface area contributed by atoms with E-state index in [1.165, 1.54) is 6.07 Å². The monoisotopic (exact) mass is 355 g/mol. The molecule has 110 valence electrons. The number of carbonyl (C=O) groups excluding carboxylic acids is 1. The molecule has 6 heteroatoms. The molecular weight excluding hydrogens is 344 g/mol. The number of rotatable bonds is 3. The van der Waals surface area contributed by atoms with Crippen molar-refractivity contribution in [1.29, 1.82) is 0 Å². The summed E-state index contributed by atoms with van der Waals surface area (Å²) in [6.07, 6.45) is 0. The molecule has 0 aromatic heterocycles. The number of nitrogen functional groups attached to an aromatic ring is 1. The highest BCUT2D eigenvalue weighted by Gasteiger charge is 2.17. The first-order valence-electron chi connectivity index (χ1n) is 6.06. The maximum Gasteiger partial charge on any atom is 0.338 e. The number of benzene rings is 2. The molecule has 0 saturated carbocycles. The molecule has 0 amide bonds. The fourth-order valence-electron chi connectivity index (χ4n) is 1.79. The largest absolute Gasteiger partial charge is 0.457 e. The average molecular weight is 356 g/mol. The number of halogens is 3. The van der Waals surface area contributed by atoms with Crippen molar-refractivity contribution in [3.63, 3.8) is 0 Å². The highest BCUT2D eigenvalue weighted by Crippen LogP contribution is 2.23. The van der Waals surface area contributed by atoms with Crippen LogP contribution in [-0.2, 0) is 11.3 Å². The van der Waals surface area contributed by atoms with Gasteiger partial charge in [0.05, 0.1) is 15.6 Å². The van der Waals surface area contributed by atoms with Gasteiger partial charge in [-0.3, -0.25) is 0 Å². The van der Waals surface area contributed by atoms with E-state index in [0.717, 1.165) is 6.07 Å². The molecule has 0 fully saturated rings. The van der Waals surface area contributed by atoms with Gasteiger partial charge >= 0.3 is 5.97 Å². The van der Waals surface area contributed by atoms with Crippen LogP contribution in [-0.4, -0.2) is 5.97 Å². The zero-order valence-corrected chi connectivity index (χ0v) is 12.7. The van der Waals surface area contributed by atoms with Crippen molar-refractivity contribution in [3.8, 4) is 0 Å². The summed E-state index contributed by atoms with van der Waals surface area (Å²) >= 11 is 2.95. The van der Waals surface area contributed by atoms with Gasteiger partial charge in [0.1, 0.15) is 18.2 Å². The zero-order chi connectivity index (χ0) is 15.6. The number of ether oxygens (including phenoxy) is 1. The van der Waals surface area contributed by atoms with Gasteiger partial charge in [0.25, 0.3) is 0 Å². The van der Waals surface area contributed by atoms with Crippen LogP contribution >= 0.6 is 15.9 Å². The van der Waals surface area contributed by atoms with E-state index in [1.54, 1.807) is 25.1 Å². The lowest BCUT2D eigenvalue weighted by Gasteiger charge is -2.10. The third-order valence-corrected chi connectivity index (χ3v) is 3.69. The maximum absolute atomic E-state index is 13.8. The second-order valence-corrected chi connectivity index (χ2v) is 5.27. The Labute approximate surface area is 128 Å². The van der Waals surface area contributed by atoms with Gasteiger partial charge in [-0.25, -0.2) is 13.6 Å². The highest BCUT2D eigenvalue weighted by molar-refractivity contribution is 9.10. The molecule has 0 spiro atoms. The lowest BCUT2D eigenvalue weighted by molar-refractivity contribution is 0.0464. The van der Waals surface area contributed by atoms with Crippen LogP contribution in [0.2, 0.25) is 0 Å². The molecule has 0 heterocycles. The molecule has 0 aliphatic carbocycles. The van der Waals surface area contributed by atoms with E-state index in [1.807, 2.05) is 0 Å². The number of hydrogen-bond acceptors (Lipinski definition) is 3. The molecule has 0 bridgehead atoms. The van der Waals surface area contributed by atoms with E-state index >= 15 is 0 Å². The maximum atomic E-state index is 13.8. The zero-order valence-electron chi connectivity index (χ0n) is 11.1. The first kappa shape index (κ1) is 15.4. The van der Waals surface area contributed by atoms with Crippen LogP contribution in [0, 0.1) is 18.6 Å². The van der Waals surface area contributed by atoms with Crippen LogP contribution in [0.1, 0.15) is 21.5 Å². The van der Waals surface area contributed by atoms with Gasteiger partial charge in [0.15, 0.2) is 0 Å². The second-order valence-electron chi connectivity index (χ2n) is 4.42. The van der Waals surface area contributed by atoms with Crippen molar-refractivity contribution < 1.29 is 18.3 Å². The predicted octanol–water partition coefficient (Wildman–Crippen LogP) is 3.97. The minimum absolute atomic E-state index is 0.107. The quantitative estimate of drug-likeness (QED) is 0.514. The van der Waals surface area contributed by atoms with Crippen molar-refractivity contribution in [3.05, 3.63) is 63.1 Å². The number of nitrogens with two attached hydrogens (primary N) is 1. The van der Waals surface area contributed by atoms with Crippen molar-refractivity contribution in [2.75, 3.05) is 5.73 Å². The Hall–Kier alpha value is -1.95. The second kappa shape index (κ2) is 6.22. The number of carbonyl (C=O) groups is 1. The third kappa shape index (κ3) is 3.21. The summed E-state index contributed by atoms with van der Waals surface area (Å²) in [5.41, 5.74) is 6.68. The van der Waals surface area contributed by atoms with E-state index < -0.39 is 24.2 Å². The molecule has 3 nitrogen and oxygen atoms in total. The van der Waals surface area contributed by atoms with E-state index in [0.29, 0.717) is 11.3 Å². The summed E-state index contributed by atoms with van der Waals surface area (Å²) in [5, 5.41) is 0. The molecule has 2 aromatic rings. The summed E-state index contributed by atoms with van der Waals surface area (Å²) in [4.78, 5) is 12.0. The average Bonchev–Trinajstić information content (AvgIpc) is 2.46.